The maximum absolute atomic E-state index is 12.9. The lowest BCUT2D eigenvalue weighted by atomic mass is 10.2. The van der Waals surface area contributed by atoms with Crippen LogP contribution >= 0.6 is 23.4 Å². The van der Waals surface area contributed by atoms with Gasteiger partial charge in [0.2, 0.25) is 0 Å². The molecular weight excluding hydrogens is 372 g/mol. The Morgan fingerprint density at radius 1 is 1.12 bits per heavy atom. The van der Waals surface area contributed by atoms with Gasteiger partial charge in [0, 0.05) is 0 Å². The highest BCUT2D eigenvalue weighted by molar-refractivity contribution is 8.13. The maximum atomic E-state index is 12.9. The molecule has 1 heterocycles. The summed E-state index contributed by atoms with van der Waals surface area (Å²) in [5, 5.41) is 1.03. The molecule has 7 heteroatoms. The summed E-state index contributed by atoms with van der Waals surface area (Å²) in [6.07, 6.45) is 3.63. The minimum Gasteiger partial charge on any atom is -0.497 e. The van der Waals surface area contributed by atoms with Crippen molar-refractivity contribution in [3.8, 4) is 11.5 Å². The van der Waals surface area contributed by atoms with E-state index in [4.69, 9.17) is 21.1 Å². The molecule has 0 fully saturated rings. The van der Waals surface area contributed by atoms with Crippen molar-refractivity contribution < 1.29 is 14.3 Å². The summed E-state index contributed by atoms with van der Waals surface area (Å²) in [4.78, 5) is 18.9. The molecule has 0 N–H and O–H groups in total. The van der Waals surface area contributed by atoms with E-state index in [9.17, 15) is 4.79 Å². The second kappa shape index (κ2) is 7.85. The average Bonchev–Trinajstić information content (AvgIpc) is 2.98. The van der Waals surface area contributed by atoms with Gasteiger partial charge in [-0.15, -0.1) is 0 Å². The van der Waals surface area contributed by atoms with Crippen molar-refractivity contribution >= 4 is 46.2 Å². The van der Waals surface area contributed by atoms with Gasteiger partial charge in [0.25, 0.3) is 5.91 Å². The number of carbonyl (C=O) groups is 1. The van der Waals surface area contributed by atoms with Gasteiger partial charge in [-0.05, 0) is 48.2 Å². The molecule has 0 spiro atoms. The molecule has 0 aliphatic carbocycles. The number of methoxy groups -OCH3 is 2. The average molecular weight is 389 g/mol. The van der Waals surface area contributed by atoms with Gasteiger partial charge in [-0.3, -0.25) is 9.69 Å². The molecule has 26 heavy (non-hydrogen) atoms. The highest BCUT2D eigenvalue weighted by Gasteiger charge is 2.31. The Balaban J connectivity index is 1.94. The molecule has 0 aromatic heterocycles. The smallest absolute Gasteiger partial charge is 0.283 e. The van der Waals surface area contributed by atoms with Crippen molar-refractivity contribution in [1.29, 1.82) is 0 Å². The van der Waals surface area contributed by atoms with Crippen LogP contribution in [-0.4, -0.2) is 31.6 Å². The van der Waals surface area contributed by atoms with Crippen molar-refractivity contribution in [1.82, 2.24) is 0 Å². The third-order valence-electron chi connectivity index (χ3n) is 3.82. The number of hydrogen-bond acceptors (Lipinski definition) is 5. The summed E-state index contributed by atoms with van der Waals surface area (Å²) < 4.78 is 10.3. The molecule has 5 nitrogen and oxygen atoms in total. The van der Waals surface area contributed by atoms with E-state index in [-0.39, 0.29) is 5.91 Å². The SMILES string of the molecule is COc1ccc(/C=C2\N=C(SC)N(c3ccc(OC)c(Cl)c3)C2=O)cc1. The fraction of sp³-hybridized carbons (Fsp3) is 0.158. The molecule has 2 aromatic carbocycles. The fourth-order valence-corrected chi connectivity index (χ4v) is 3.33. The number of thioether (sulfide) groups is 1. The Labute approximate surface area is 161 Å². The molecule has 134 valence electrons. The van der Waals surface area contributed by atoms with Crippen LogP contribution in [0.15, 0.2) is 53.2 Å². The van der Waals surface area contributed by atoms with Crippen LogP contribution in [0.2, 0.25) is 5.02 Å². The van der Waals surface area contributed by atoms with Crippen LogP contribution < -0.4 is 14.4 Å². The molecule has 0 saturated carbocycles. The summed E-state index contributed by atoms with van der Waals surface area (Å²) in [6.45, 7) is 0. The predicted molar refractivity (Wildman–Crippen MR) is 107 cm³/mol. The molecule has 0 bridgehead atoms. The molecule has 1 aliphatic rings. The lowest BCUT2D eigenvalue weighted by Gasteiger charge is -2.17. The Morgan fingerprint density at radius 2 is 1.85 bits per heavy atom. The zero-order valence-electron chi connectivity index (χ0n) is 14.5. The number of hydrogen-bond donors (Lipinski definition) is 0. The zero-order chi connectivity index (χ0) is 18.7. The molecule has 1 aliphatic heterocycles. The highest BCUT2D eigenvalue weighted by atomic mass is 35.5. The standard InChI is InChI=1S/C19H17ClN2O3S/c1-24-14-7-4-12(5-8-14)10-16-18(23)22(19(21-16)26-3)13-6-9-17(25-2)15(20)11-13/h4-11H,1-3H3/b16-10-. The Morgan fingerprint density at radius 3 is 2.42 bits per heavy atom. The van der Waals surface area contributed by atoms with Crippen molar-refractivity contribution in [3.63, 3.8) is 0 Å². The number of carbonyl (C=O) groups excluding carboxylic acids is 1. The van der Waals surface area contributed by atoms with E-state index in [0.717, 1.165) is 11.3 Å². The van der Waals surface area contributed by atoms with Crippen LogP contribution in [-0.2, 0) is 4.79 Å². The quantitative estimate of drug-likeness (QED) is 0.725. The third kappa shape index (κ3) is 3.57. The van der Waals surface area contributed by atoms with Crippen LogP contribution in [0.5, 0.6) is 11.5 Å². The number of rotatable bonds is 4. The van der Waals surface area contributed by atoms with E-state index >= 15 is 0 Å². The maximum Gasteiger partial charge on any atom is 0.283 e. The van der Waals surface area contributed by atoms with Gasteiger partial charge < -0.3 is 9.47 Å². The minimum atomic E-state index is -0.202. The van der Waals surface area contributed by atoms with E-state index in [1.165, 1.54) is 11.8 Å². The minimum absolute atomic E-state index is 0.202. The van der Waals surface area contributed by atoms with Crippen LogP contribution in [0.25, 0.3) is 6.08 Å². The number of nitrogens with zero attached hydrogens (tertiary/aromatic N) is 2. The second-order valence-electron chi connectivity index (χ2n) is 5.36. The van der Waals surface area contributed by atoms with Crippen molar-refractivity contribution in [2.75, 3.05) is 25.4 Å². The van der Waals surface area contributed by atoms with Gasteiger partial charge >= 0.3 is 0 Å². The first-order valence-corrected chi connectivity index (χ1v) is 9.34. The zero-order valence-corrected chi connectivity index (χ0v) is 16.1. The van der Waals surface area contributed by atoms with E-state index in [1.54, 1.807) is 43.4 Å². The Kier molecular flexibility index (Phi) is 5.54. The number of benzene rings is 2. The summed E-state index contributed by atoms with van der Waals surface area (Å²) >= 11 is 7.60. The second-order valence-corrected chi connectivity index (χ2v) is 6.54. The Bertz CT molecular complexity index is 894. The van der Waals surface area contributed by atoms with Gasteiger partial charge in [-0.1, -0.05) is 35.5 Å². The molecule has 0 saturated heterocycles. The molecule has 2 aromatic rings. The van der Waals surface area contributed by atoms with Gasteiger partial charge in [0.15, 0.2) is 5.17 Å². The number of amides is 1. The Hall–Kier alpha value is -2.44. The summed E-state index contributed by atoms with van der Waals surface area (Å²) in [7, 11) is 3.16. The predicted octanol–water partition coefficient (Wildman–Crippen LogP) is 4.46. The molecule has 0 atom stereocenters. The van der Waals surface area contributed by atoms with Crippen LogP contribution in [0.4, 0.5) is 5.69 Å². The summed E-state index contributed by atoms with van der Waals surface area (Å²) in [6, 6.07) is 12.6. The third-order valence-corrected chi connectivity index (χ3v) is 4.76. The van der Waals surface area contributed by atoms with Crippen molar-refractivity contribution in [2.45, 2.75) is 0 Å². The molecule has 0 unspecified atom stereocenters. The first kappa shape index (κ1) is 18.4. The highest BCUT2D eigenvalue weighted by Crippen LogP contribution is 2.33. The van der Waals surface area contributed by atoms with Crippen LogP contribution in [0.1, 0.15) is 5.56 Å². The lowest BCUT2D eigenvalue weighted by Crippen LogP contribution is -2.30. The van der Waals surface area contributed by atoms with E-state index in [2.05, 4.69) is 4.99 Å². The van der Waals surface area contributed by atoms with E-state index in [0.29, 0.717) is 27.3 Å². The normalized spacial score (nSPS) is 15.4. The number of halogens is 1. The molecular formula is C19H17ClN2O3S. The number of ether oxygens (including phenoxy) is 2. The van der Waals surface area contributed by atoms with Gasteiger partial charge in [-0.2, -0.15) is 0 Å². The van der Waals surface area contributed by atoms with Gasteiger partial charge in [0.05, 0.1) is 24.9 Å². The van der Waals surface area contributed by atoms with Crippen molar-refractivity contribution in [2.24, 2.45) is 4.99 Å². The summed E-state index contributed by atoms with van der Waals surface area (Å²) in [5.41, 5.74) is 1.88. The largest absolute Gasteiger partial charge is 0.497 e. The number of amidine groups is 1. The topological polar surface area (TPSA) is 51.1 Å². The molecule has 1 amide bonds. The number of anilines is 1. The van der Waals surface area contributed by atoms with Crippen molar-refractivity contribution in [3.05, 3.63) is 58.7 Å². The first-order chi connectivity index (χ1) is 12.6. The summed E-state index contributed by atoms with van der Waals surface area (Å²) in [5.74, 6) is 1.11. The lowest BCUT2D eigenvalue weighted by molar-refractivity contribution is -0.113. The van der Waals surface area contributed by atoms with E-state index in [1.807, 2.05) is 30.5 Å². The molecule has 0 radical (unpaired) electrons. The van der Waals surface area contributed by atoms with Crippen LogP contribution in [0.3, 0.4) is 0 Å². The van der Waals surface area contributed by atoms with Gasteiger partial charge in [0.1, 0.15) is 17.2 Å². The number of aliphatic imine (C=N–C) groups is 1. The first-order valence-electron chi connectivity index (χ1n) is 7.74. The van der Waals surface area contributed by atoms with Crippen LogP contribution in [0, 0.1) is 0 Å². The fourth-order valence-electron chi connectivity index (χ4n) is 2.51. The van der Waals surface area contributed by atoms with E-state index < -0.39 is 0 Å². The molecule has 3 rings (SSSR count). The van der Waals surface area contributed by atoms with Gasteiger partial charge in [-0.25, -0.2) is 4.99 Å². The monoisotopic (exact) mass is 388 g/mol.